The Balaban J connectivity index is 1.59. The maximum absolute atomic E-state index is 13.9. The van der Waals surface area contributed by atoms with Crippen LogP contribution in [-0.2, 0) is 19.1 Å². The number of thioether (sulfide) groups is 1. The average molecular weight is 497 g/mol. The Labute approximate surface area is 206 Å². The first-order valence-electron chi connectivity index (χ1n) is 12.8. The van der Waals surface area contributed by atoms with Crippen LogP contribution in [0.15, 0.2) is 0 Å². The molecule has 3 N–H and O–H groups in total. The van der Waals surface area contributed by atoms with E-state index in [4.69, 9.17) is 4.74 Å². The van der Waals surface area contributed by atoms with Crippen molar-refractivity contribution in [2.24, 2.45) is 11.8 Å². The van der Waals surface area contributed by atoms with Crippen LogP contribution in [0.4, 0.5) is 0 Å². The Bertz CT molecular complexity index is 789. The number of amides is 3. The van der Waals surface area contributed by atoms with Gasteiger partial charge in [-0.1, -0.05) is 13.8 Å². The standard InChI is InChI=1S/C24H40N4O5S/c1-4-8-25-20(30)17-18-22(32)28(16(5-2)15-29)19(24(18)7-6-23(17,3)34-24)21(31)26-9-10-27-11-13-33-14-12-27/h16-19,29H,4-15H2,1-3H3,(H,25,30)(H,26,31)/t16-,17+,18-,19?,23-,24?/m0/s1. The van der Waals surface area contributed by atoms with Crippen molar-refractivity contribution >= 4 is 29.5 Å². The summed E-state index contributed by atoms with van der Waals surface area (Å²) < 4.78 is 4.40. The molecule has 4 heterocycles. The van der Waals surface area contributed by atoms with Gasteiger partial charge in [0.1, 0.15) is 6.04 Å². The van der Waals surface area contributed by atoms with Gasteiger partial charge in [-0.3, -0.25) is 19.3 Å². The first-order valence-corrected chi connectivity index (χ1v) is 13.6. The van der Waals surface area contributed by atoms with Crippen LogP contribution in [0, 0.1) is 11.8 Å². The molecule has 1 spiro atoms. The third kappa shape index (κ3) is 4.24. The van der Waals surface area contributed by atoms with Crippen molar-refractivity contribution in [3.63, 3.8) is 0 Å². The molecule has 0 aromatic carbocycles. The van der Waals surface area contributed by atoms with Gasteiger partial charge in [0, 0.05) is 37.5 Å². The molecule has 0 aromatic heterocycles. The molecule has 9 nitrogen and oxygen atoms in total. The summed E-state index contributed by atoms with van der Waals surface area (Å²) in [5.74, 6) is -1.40. The van der Waals surface area contributed by atoms with Crippen LogP contribution >= 0.6 is 11.8 Å². The van der Waals surface area contributed by atoms with Crippen LogP contribution in [0.3, 0.4) is 0 Å². The minimum Gasteiger partial charge on any atom is -0.394 e. The smallest absolute Gasteiger partial charge is 0.244 e. The zero-order chi connectivity index (χ0) is 24.5. The Morgan fingerprint density at radius 3 is 2.53 bits per heavy atom. The van der Waals surface area contributed by atoms with E-state index in [2.05, 4.69) is 22.5 Å². The van der Waals surface area contributed by atoms with E-state index < -0.39 is 28.7 Å². The molecule has 4 rings (SSSR count). The summed E-state index contributed by atoms with van der Waals surface area (Å²) in [5, 5.41) is 16.2. The lowest BCUT2D eigenvalue weighted by molar-refractivity contribution is -0.143. The Hall–Kier alpha value is -1.36. The first kappa shape index (κ1) is 25.7. The van der Waals surface area contributed by atoms with Gasteiger partial charge in [0.25, 0.3) is 0 Å². The molecule has 34 heavy (non-hydrogen) atoms. The molecule has 6 atom stereocenters. The summed E-state index contributed by atoms with van der Waals surface area (Å²) >= 11 is 1.67. The van der Waals surface area contributed by atoms with Gasteiger partial charge < -0.3 is 25.4 Å². The van der Waals surface area contributed by atoms with Gasteiger partial charge in [-0.2, -0.15) is 0 Å². The lowest BCUT2D eigenvalue weighted by Crippen LogP contribution is -2.57. The zero-order valence-corrected chi connectivity index (χ0v) is 21.5. The molecule has 4 aliphatic rings. The first-order chi connectivity index (χ1) is 16.3. The van der Waals surface area contributed by atoms with Crippen molar-refractivity contribution in [2.45, 2.75) is 68.0 Å². The molecule has 0 aromatic rings. The fourth-order valence-corrected chi connectivity index (χ4v) is 8.83. The number of rotatable bonds is 10. The predicted octanol–water partition coefficient (Wildman–Crippen LogP) is 0.213. The molecule has 0 saturated carbocycles. The van der Waals surface area contributed by atoms with Crippen LogP contribution < -0.4 is 10.6 Å². The predicted molar refractivity (Wildman–Crippen MR) is 130 cm³/mol. The van der Waals surface area contributed by atoms with E-state index in [1.54, 1.807) is 16.7 Å². The summed E-state index contributed by atoms with van der Waals surface area (Å²) in [6.07, 6.45) is 2.90. The zero-order valence-electron chi connectivity index (χ0n) is 20.7. The van der Waals surface area contributed by atoms with Crippen molar-refractivity contribution in [2.75, 3.05) is 52.5 Å². The number of morpholine rings is 1. The van der Waals surface area contributed by atoms with E-state index in [-0.39, 0.29) is 29.1 Å². The number of fused-ring (bicyclic) bond motifs is 1. The highest BCUT2D eigenvalue weighted by Crippen LogP contribution is 2.71. The number of carbonyl (C=O) groups excluding carboxylic acids is 3. The molecular formula is C24H40N4O5S. The van der Waals surface area contributed by atoms with Crippen LogP contribution in [0.2, 0.25) is 0 Å². The number of aliphatic hydroxyl groups excluding tert-OH is 1. The summed E-state index contributed by atoms with van der Waals surface area (Å²) in [5.41, 5.74) is 0. The normalized spacial score (nSPS) is 35.9. The van der Waals surface area contributed by atoms with Gasteiger partial charge in [0.2, 0.25) is 17.7 Å². The third-order valence-corrected chi connectivity index (χ3v) is 10.2. The molecule has 2 bridgehead atoms. The second kappa shape index (κ2) is 10.3. The second-order valence-corrected chi connectivity index (χ2v) is 12.2. The molecule has 10 heteroatoms. The molecule has 2 unspecified atom stereocenters. The van der Waals surface area contributed by atoms with Crippen molar-refractivity contribution < 1.29 is 24.2 Å². The van der Waals surface area contributed by atoms with E-state index in [0.717, 1.165) is 38.9 Å². The topological polar surface area (TPSA) is 111 Å². The quantitative estimate of drug-likeness (QED) is 0.397. The number of aliphatic hydroxyl groups is 1. The fraction of sp³-hybridized carbons (Fsp3) is 0.875. The van der Waals surface area contributed by atoms with Crippen LogP contribution in [-0.4, -0.2) is 107 Å². The van der Waals surface area contributed by atoms with Crippen molar-refractivity contribution in [3.8, 4) is 0 Å². The van der Waals surface area contributed by atoms with E-state index in [0.29, 0.717) is 32.7 Å². The molecule has 3 amide bonds. The van der Waals surface area contributed by atoms with Crippen LogP contribution in [0.5, 0.6) is 0 Å². The average Bonchev–Trinajstić information content (AvgIpc) is 3.40. The maximum Gasteiger partial charge on any atom is 0.244 e. The monoisotopic (exact) mass is 496 g/mol. The SMILES string of the molecule is CCCNC(=O)[C@H]1[C@H]2C(=O)N([C@@H](CC)CO)C(C(=O)NCCN3CCOCC3)C23CC[C@]1(C)S3. The van der Waals surface area contributed by atoms with Crippen molar-refractivity contribution in [3.05, 3.63) is 0 Å². The Kier molecular flexibility index (Phi) is 7.81. The molecule has 0 radical (unpaired) electrons. The summed E-state index contributed by atoms with van der Waals surface area (Å²) in [4.78, 5) is 44.8. The van der Waals surface area contributed by atoms with E-state index in [9.17, 15) is 19.5 Å². The number of hydrogen-bond donors (Lipinski definition) is 3. The number of hydrogen-bond acceptors (Lipinski definition) is 7. The largest absolute Gasteiger partial charge is 0.394 e. The summed E-state index contributed by atoms with van der Waals surface area (Å²) in [7, 11) is 0. The third-order valence-electron chi connectivity index (χ3n) is 8.20. The van der Waals surface area contributed by atoms with Crippen LogP contribution in [0.1, 0.15) is 46.5 Å². The highest BCUT2D eigenvalue weighted by atomic mass is 32.2. The van der Waals surface area contributed by atoms with Crippen molar-refractivity contribution in [1.82, 2.24) is 20.4 Å². The van der Waals surface area contributed by atoms with Gasteiger partial charge in [-0.05, 0) is 32.6 Å². The minimum absolute atomic E-state index is 0.0813. The van der Waals surface area contributed by atoms with Gasteiger partial charge >= 0.3 is 0 Å². The summed E-state index contributed by atoms with van der Waals surface area (Å²) in [6.45, 7) is 10.7. The highest BCUT2D eigenvalue weighted by molar-refractivity contribution is 8.02. The molecule has 192 valence electrons. The number of likely N-dealkylation sites (tertiary alicyclic amines) is 1. The fourth-order valence-electron chi connectivity index (χ4n) is 6.49. The number of nitrogens with zero attached hydrogens (tertiary/aromatic N) is 2. The van der Waals surface area contributed by atoms with Gasteiger partial charge in [0.05, 0.1) is 42.4 Å². The van der Waals surface area contributed by atoms with E-state index >= 15 is 0 Å². The molecule has 4 aliphatic heterocycles. The lowest BCUT2D eigenvalue weighted by Gasteiger charge is -2.37. The van der Waals surface area contributed by atoms with Gasteiger partial charge in [0.15, 0.2) is 0 Å². The number of carbonyl (C=O) groups is 3. The molecule has 4 saturated heterocycles. The second-order valence-electron chi connectivity index (χ2n) is 10.3. The lowest BCUT2D eigenvalue weighted by atomic mass is 9.66. The van der Waals surface area contributed by atoms with Crippen molar-refractivity contribution in [1.29, 1.82) is 0 Å². The maximum atomic E-state index is 13.9. The van der Waals surface area contributed by atoms with Crippen LogP contribution in [0.25, 0.3) is 0 Å². The molecular weight excluding hydrogens is 456 g/mol. The number of ether oxygens (including phenoxy) is 1. The van der Waals surface area contributed by atoms with Gasteiger partial charge in [-0.25, -0.2) is 0 Å². The number of nitrogens with one attached hydrogen (secondary N) is 2. The molecule has 0 aliphatic carbocycles. The molecule has 4 fully saturated rings. The summed E-state index contributed by atoms with van der Waals surface area (Å²) in [6, 6.07) is -1.11. The van der Waals surface area contributed by atoms with Gasteiger partial charge in [-0.15, -0.1) is 11.8 Å². The van der Waals surface area contributed by atoms with E-state index in [1.165, 1.54) is 0 Å². The Morgan fingerprint density at radius 1 is 1.18 bits per heavy atom. The van der Waals surface area contributed by atoms with E-state index in [1.807, 2.05) is 13.8 Å². The highest BCUT2D eigenvalue weighted by Gasteiger charge is 2.77. The minimum atomic E-state index is -0.678. The Morgan fingerprint density at radius 2 is 1.88 bits per heavy atom.